The van der Waals surface area contributed by atoms with E-state index in [-0.39, 0.29) is 5.69 Å². The average molecular weight is 250 g/mol. The van der Waals surface area contributed by atoms with Gasteiger partial charge >= 0.3 is 5.69 Å². The van der Waals surface area contributed by atoms with Crippen molar-refractivity contribution < 1.29 is 4.42 Å². The SMILES string of the molecule is Cc1ccc(C(C)CCNCc2n[nH]c(=O)[nH]2)o1. The van der Waals surface area contributed by atoms with E-state index in [9.17, 15) is 4.79 Å². The lowest BCUT2D eigenvalue weighted by molar-refractivity contribution is 0.436. The number of hydrogen-bond donors (Lipinski definition) is 3. The molecule has 3 N–H and O–H groups in total. The van der Waals surface area contributed by atoms with E-state index < -0.39 is 0 Å². The molecule has 2 aromatic rings. The number of aromatic amines is 2. The Bertz CT molecular complexity index is 540. The van der Waals surface area contributed by atoms with E-state index in [0.717, 1.165) is 24.5 Å². The predicted octanol–water partition coefficient (Wildman–Crippen LogP) is 1.28. The molecule has 0 fully saturated rings. The van der Waals surface area contributed by atoms with Gasteiger partial charge in [-0.2, -0.15) is 5.10 Å². The smallest absolute Gasteiger partial charge is 0.340 e. The number of H-pyrrole nitrogens is 2. The molecule has 6 nitrogen and oxygen atoms in total. The van der Waals surface area contributed by atoms with Crippen LogP contribution in [0, 0.1) is 6.92 Å². The lowest BCUT2D eigenvalue weighted by Gasteiger charge is -2.08. The van der Waals surface area contributed by atoms with Gasteiger partial charge in [0.25, 0.3) is 0 Å². The first-order valence-corrected chi connectivity index (χ1v) is 6.06. The molecule has 0 aromatic carbocycles. The minimum absolute atomic E-state index is 0.272. The van der Waals surface area contributed by atoms with Gasteiger partial charge < -0.3 is 9.73 Å². The van der Waals surface area contributed by atoms with Crippen LogP contribution in [0.15, 0.2) is 21.3 Å². The predicted molar refractivity (Wildman–Crippen MR) is 67.4 cm³/mol. The van der Waals surface area contributed by atoms with Crippen LogP contribution >= 0.6 is 0 Å². The van der Waals surface area contributed by atoms with Crippen molar-refractivity contribution in [1.29, 1.82) is 0 Å². The molecule has 2 heterocycles. The average Bonchev–Trinajstić information content (AvgIpc) is 2.93. The maximum atomic E-state index is 10.8. The van der Waals surface area contributed by atoms with Crippen LogP contribution in [0.3, 0.4) is 0 Å². The molecule has 0 spiro atoms. The molecule has 2 aromatic heterocycles. The number of nitrogens with zero attached hydrogens (tertiary/aromatic N) is 1. The number of aryl methyl sites for hydroxylation is 1. The molecule has 0 bridgehead atoms. The lowest BCUT2D eigenvalue weighted by atomic mass is 10.1. The van der Waals surface area contributed by atoms with Crippen LogP contribution in [-0.2, 0) is 6.54 Å². The second kappa shape index (κ2) is 5.68. The standard InChI is InChI=1S/C12H18N4O2/c1-8(10-4-3-9(2)18-10)5-6-13-7-11-14-12(17)16-15-11/h3-4,8,13H,5-7H2,1-2H3,(H2,14,15,16,17). The molecule has 0 radical (unpaired) electrons. The highest BCUT2D eigenvalue weighted by Gasteiger charge is 2.09. The summed E-state index contributed by atoms with van der Waals surface area (Å²) in [6.07, 6.45) is 0.974. The van der Waals surface area contributed by atoms with Crippen LogP contribution < -0.4 is 11.0 Å². The molecule has 0 saturated heterocycles. The summed E-state index contributed by atoms with van der Waals surface area (Å²) in [7, 11) is 0. The first-order valence-electron chi connectivity index (χ1n) is 6.06. The van der Waals surface area contributed by atoms with Crippen LogP contribution in [0.4, 0.5) is 0 Å². The number of furan rings is 1. The zero-order valence-electron chi connectivity index (χ0n) is 10.6. The van der Waals surface area contributed by atoms with Gasteiger partial charge in [0.2, 0.25) is 0 Å². The van der Waals surface area contributed by atoms with Gasteiger partial charge in [-0.25, -0.2) is 9.89 Å². The van der Waals surface area contributed by atoms with Crippen molar-refractivity contribution in [3.8, 4) is 0 Å². The summed E-state index contributed by atoms with van der Waals surface area (Å²) < 4.78 is 5.57. The van der Waals surface area contributed by atoms with Gasteiger partial charge in [-0.1, -0.05) is 6.92 Å². The van der Waals surface area contributed by atoms with Gasteiger partial charge in [0.15, 0.2) is 0 Å². The van der Waals surface area contributed by atoms with E-state index in [4.69, 9.17) is 4.42 Å². The molecule has 1 atom stereocenters. The van der Waals surface area contributed by atoms with Crippen molar-refractivity contribution >= 4 is 0 Å². The first-order chi connectivity index (χ1) is 8.65. The fraction of sp³-hybridized carbons (Fsp3) is 0.500. The minimum Gasteiger partial charge on any atom is -0.466 e. The Morgan fingerprint density at radius 2 is 2.33 bits per heavy atom. The molecule has 0 aliphatic carbocycles. The topological polar surface area (TPSA) is 86.7 Å². The number of hydrogen-bond acceptors (Lipinski definition) is 4. The molecule has 2 rings (SSSR count). The maximum Gasteiger partial charge on any atom is 0.340 e. The van der Waals surface area contributed by atoms with Crippen LogP contribution in [0.25, 0.3) is 0 Å². The van der Waals surface area contributed by atoms with E-state index in [1.807, 2.05) is 19.1 Å². The molecule has 18 heavy (non-hydrogen) atoms. The first kappa shape index (κ1) is 12.6. The Kier molecular flexibility index (Phi) is 3.99. The minimum atomic E-state index is -0.272. The third-order valence-corrected chi connectivity index (χ3v) is 2.84. The Morgan fingerprint density at radius 3 is 2.94 bits per heavy atom. The van der Waals surface area contributed by atoms with Crippen molar-refractivity contribution in [2.45, 2.75) is 32.7 Å². The molecule has 0 aliphatic rings. The van der Waals surface area contributed by atoms with Gasteiger partial charge in [-0.15, -0.1) is 0 Å². The van der Waals surface area contributed by atoms with Crippen molar-refractivity contribution in [2.24, 2.45) is 0 Å². The van der Waals surface area contributed by atoms with Crippen molar-refractivity contribution in [3.63, 3.8) is 0 Å². The molecule has 6 heteroatoms. The second-order valence-corrected chi connectivity index (χ2v) is 4.44. The fourth-order valence-corrected chi connectivity index (χ4v) is 1.77. The van der Waals surface area contributed by atoms with Crippen LogP contribution in [0.1, 0.15) is 36.6 Å². The highest BCUT2D eigenvalue weighted by atomic mass is 16.3. The molecular weight excluding hydrogens is 232 g/mol. The number of aromatic nitrogens is 3. The summed E-state index contributed by atoms with van der Waals surface area (Å²) in [6.45, 7) is 5.48. The van der Waals surface area contributed by atoms with Crippen LogP contribution in [0.5, 0.6) is 0 Å². The Labute approximate surface area is 105 Å². The van der Waals surface area contributed by atoms with Gasteiger partial charge in [-0.05, 0) is 32.0 Å². The van der Waals surface area contributed by atoms with Crippen LogP contribution in [-0.4, -0.2) is 21.7 Å². The molecular formula is C12H18N4O2. The van der Waals surface area contributed by atoms with E-state index in [0.29, 0.717) is 18.3 Å². The fourth-order valence-electron chi connectivity index (χ4n) is 1.77. The van der Waals surface area contributed by atoms with Crippen molar-refractivity contribution in [3.05, 3.63) is 40.0 Å². The van der Waals surface area contributed by atoms with Gasteiger partial charge in [-0.3, -0.25) is 4.98 Å². The quantitative estimate of drug-likeness (QED) is 0.674. The normalized spacial score (nSPS) is 12.8. The summed E-state index contributed by atoms with van der Waals surface area (Å²) in [5.41, 5.74) is -0.272. The molecule has 98 valence electrons. The van der Waals surface area contributed by atoms with E-state index >= 15 is 0 Å². The molecule has 0 saturated carbocycles. The summed E-state index contributed by atoms with van der Waals surface area (Å²) in [4.78, 5) is 13.4. The van der Waals surface area contributed by atoms with Gasteiger partial charge in [0, 0.05) is 5.92 Å². The lowest BCUT2D eigenvalue weighted by Crippen LogP contribution is -2.17. The van der Waals surface area contributed by atoms with E-state index in [2.05, 4.69) is 27.4 Å². The zero-order valence-corrected chi connectivity index (χ0v) is 10.6. The Balaban J connectivity index is 1.70. The van der Waals surface area contributed by atoms with Gasteiger partial charge in [0.05, 0.1) is 6.54 Å². The zero-order chi connectivity index (χ0) is 13.0. The Morgan fingerprint density at radius 1 is 1.50 bits per heavy atom. The van der Waals surface area contributed by atoms with E-state index in [1.165, 1.54) is 0 Å². The molecule has 0 amide bonds. The van der Waals surface area contributed by atoms with E-state index in [1.54, 1.807) is 0 Å². The monoisotopic (exact) mass is 250 g/mol. The molecule has 0 aliphatic heterocycles. The maximum absolute atomic E-state index is 10.8. The summed E-state index contributed by atoms with van der Waals surface area (Å²) in [5, 5.41) is 9.38. The largest absolute Gasteiger partial charge is 0.466 e. The summed E-state index contributed by atoms with van der Waals surface area (Å²) in [5.74, 6) is 2.97. The summed E-state index contributed by atoms with van der Waals surface area (Å²) >= 11 is 0. The second-order valence-electron chi connectivity index (χ2n) is 4.44. The van der Waals surface area contributed by atoms with Crippen molar-refractivity contribution in [2.75, 3.05) is 6.54 Å². The highest BCUT2D eigenvalue weighted by Crippen LogP contribution is 2.20. The third-order valence-electron chi connectivity index (χ3n) is 2.84. The van der Waals surface area contributed by atoms with Gasteiger partial charge in [0.1, 0.15) is 17.3 Å². The third kappa shape index (κ3) is 3.33. The number of rotatable bonds is 6. The van der Waals surface area contributed by atoms with Crippen LogP contribution in [0.2, 0.25) is 0 Å². The highest BCUT2D eigenvalue weighted by molar-refractivity contribution is 5.09. The van der Waals surface area contributed by atoms with Crippen molar-refractivity contribution in [1.82, 2.24) is 20.5 Å². The number of nitrogens with one attached hydrogen (secondary N) is 3. The molecule has 1 unspecified atom stereocenters. The Hall–Kier alpha value is -1.82. The summed E-state index contributed by atoms with van der Waals surface area (Å²) in [6, 6.07) is 4.00.